The highest BCUT2D eigenvalue weighted by Crippen LogP contribution is 2.32. The van der Waals surface area contributed by atoms with Crippen molar-refractivity contribution in [2.24, 2.45) is 0 Å². The molecule has 2 amide bonds. The van der Waals surface area contributed by atoms with Gasteiger partial charge in [-0.05, 0) is 25.7 Å². The molecule has 2 aliphatic rings. The molecule has 0 saturated carbocycles. The Morgan fingerprint density at radius 3 is 2.50 bits per heavy atom. The quantitative estimate of drug-likeness (QED) is 0.833. The summed E-state index contributed by atoms with van der Waals surface area (Å²) in [6, 6.07) is -0.742. The molecule has 6 heteroatoms. The minimum absolute atomic E-state index is 0.0144. The number of hydrogen-bond donors (Lipinski definition) is 1. The van der Waals surface area contributed by atoms with Crippen LogP contribution in [-0.4, -0.2) is 57.2 Å². The van der Waals surface area contributed by atoms with E-state index in [0.29, 0.717) is 5.75 Å². The van der Waals surface area contributed by atoms with Gasteiger partial charge in [0, 0.05) is 18.8 Å². The second-order valence-corrected chi connectivity index (χ2v) is 6.00. The van der Waals surface area contributed by atoms with Crippen LogP contribution < -0.4 is 0 Å². The molecule has 0 aliphatic carbocycles. The maximum Gasteiger partial charge on any atom is 0.327 e. The minimum Gasteiger partial charge on any atom is -0.480 e. The zero-order valence-corrected chi connectivity index (χ0v) is 11.5. The summed E-state index contributed by atoms with van der Waals surface area (Å²) in [5, 5.41) is 9.23. The third-order valence-electron chi connectivity index (χ3n) is 3.57. The number of carbonyl (C=O) groups excluding carboxylic acids is 1. The maximum absolute atomic E-state index is 12.5. The van der Waals surface area contributed by atoms with E-state index >= 15 is 0 Å². The molecule has 0 aromatic heterocycles. The van der Waals surface area contributed by atoms with Gasteiger partial charge in [-0.2, -0.15) is 0 Å². The summed E-state index contributed by atoms with van der Waals surface area (Å²) in [5.74, 6) is -0.378. The van der Waals surface area contributed by atoms with Crippen LogP contribution in [-0.2, 0) is 4.79 Å². The molecule has 1 N–H and O–H groups in total. The van der Waals surface area contributed by atoms with Gasteiger partial charge in [0.05, 0.1) is 5.37 Å². The van der Waals surface area contributed by atoms with E-state index in [1.54, 1.807) is 16.7 Å². The van der Waals surface area contributed by atoms with E-state index in [4.69, 9.17) is 0 Å². The lowest BCUT2D eigenvalue weighted by Gasteiger charge is -2.35. The summed E-state index contributed by atoms with van der Waals surface area (Å²) in [6.07, 6.45) is 4.02. The van der Waals surface area contributed by atoms with Gasteiger partial charge in [-0.1, -0.05) is 6.92 Å². The summed E-state index contributed by atoms with van der Waals surface area (Å²) in [6.45, 7) is 3.53. The summed E-state index contributed by atoms with van der Waals surface area (Å²) >= 11 is 1.58. The Kier molecular flexibility index (Phi) is 4.37. The fourth-order valence-electron chi connectivity index (χ4n) is 2.57. The van der Waals surface area contributed by atoms with Gasteiger partial charge in [-0.3, -0.25) is 4.90 Å². The lowest BCUT2D eigenvalue weighted by molar-refractivity contribution is -0.141. The topological polar surface area (TPSA) is 60.9 Å². The number of urea groups is 1. The van der Waals surface area contributed by atoms with Crippen molar-refractivity contribution in [1.82, 2.24) is 9.80 Å². The molecule has 2 saturated heterocycles. The zero-order valence-electron chi connectivity index (χ0n) is 10.7. The molecule has 0 spiro atoms. The number of piperidine rings is 1. The molecule has 0 aromatic carbocycles. The number of carboxylic acid groups (broad SMARTS) is 1. The van der Waals surface area contributed by atoms with Gasteiger partial charge < -0.3 is 10.0 Å². The van der Waals surface area contributed by atoms with E-state index in [1.165, 1.54) is 0 Å². The van der Waals surface area contributed by atoms with Crippen molar-refractivity contribution in [2.45, 2.75) is 44.0 Å². The van der Waals surface area contributed by atoms with Crippen molar-refractivity contribution in [2.75, 3.05) is 18.8 Å². The standard InChI is InChI=1S/C12H20N2O3S/c1-2-10-14(9(8-18-10)11(15)16)12(17)13-6-4-3-5-7-13/h9-10H,2-8H2,1H3,(H,15,16). The Hall–Kier alpha value is -0.910. The average molecular weight is 272 g/mol. The Morgan fingerprint density at radius 2 is 1.94 bits per heavy atom. The Balaban J connectivity index is 2.10. The zero-order chi connectivity index (χ0) is 13.1. The second-order valence-electron chi connectivity index (χ2n) is 4.79. The van der Waals surface area contributed by atoms with Crippen LogP contribution in [0.4, 0.5) is 4.79 Å². The highest BCUT2D eigenvalue weighted by atomic mass is 32.2. The number of carbonyl (C=O) groups is 2. The Labute approximate surface area is 112 Å². The van der Waals surface area contributed by atoms with Crippen molar-refractivity contribution < 1.29 is 14.7 Å². The van der Waals surface area contributed by atoms with E-state index in [2.05, 4.69) is 0 Å². The molecule has 2 heterocycles. The van der Waals surface area contributed by atoms with E-state index in [1.807, 2.05) is 11.8 Å². The Morgan fingerprint density at radius 1 is 1.28 bits per heavy atom. The van der Waals surface area contributed by atoms with E-state index in [-0.39, 0.29) is 11.4 Å². The predicted octanol–water partition coefficient (Wildman–Crippen LogP) is 1.83. The Bertz CT molecular complexity index is 331. The molecule has 102 valence electrons. The summed E-state index contributed by atoms with van der Waals surface area (Å²) in [5.41, 5.74) is 0. The first-order chi connectivity index (χ1) is 8.65. The van der Waals surface area contributed by atoms with Gasteiger partial charge in [0.2, 0.25) is 0 Å². The number of nitrogens with zero attached hydrogens (tertiary/aromatic N) is 2. The molecule has 2 unspecified atom stereocenters. The van der Waals surface area contributed by atoms with Crippen LogP contribution in [0.1, 0.15) is 32.6 Å². The van der Waals surface area contributed by atoms with Crippen molar-refractivity contribution >= 4 is 23.8 Å². The van der Waals surface area contributed by atoms with Crippen LogP contribution in [0.2, 0.25) is 0 Å². The third kappa shape index (κ3) is 2.58. The van der Waals surface area contributed by atoms with Crippen molar-refractivity contribution in [3.63, 3.8) is 0 Å². The molecule has 0 radical (unpaired) electrons. The van der Waals surface area contributed by atoms with Crippen LogP contribution in [0.3, 0.4) is 0 Å². The first-order valence-corrected chi connectivity index (χ1v) is 7.61. The SMILES string of the molecule is CCC1SCC(C(=O)O)N1C(=O)N1CCCCC1. The van der Waals surface area contributed by atoms with Gasteiger partial charge in [0.25, 0.3) is 0 Å². The average Bonchev–Trinajstić information content (AvgIpc) is 2.82. The fourth-order valence-corrected chi connectivity index (χ4v) is 3.91. The van der Waals surface area contributed by atoms with E-state index in [0.717, 1.165) is 38.8 Å². The summed E-state index contributed by atoms with van der Waals surface area (Å²) in [7, 11) is 0. The van der Waals surface area contributed by atoms with Gasteiger partial charge in [-0.25, -0.2) is 9.59 Å². The van der Waals surface area contributed by atoms with Crippen molar-refractivity contribution in [1.29, 1.82) is 0 Å². The molecule has 2 aliphatic heterocycles. The van der Waals surface area contributed by atoms with Crippen LogP contribution in [0.5, 0.6) is 0 Å². The van der Waals surface area contributed by atoms with E-state index < -0.39 is 12.0 Å². The van der Waals surface area contributed by atoms with Gasteiger partial charge in [-0.15, -0.1) is 11.8 Å². The maximum atomic E-state index is 12.5. The molecule has 2 atom stereocenters. The van der Waals surface area contributed by atoms with Gasteiger partial charge >= 0.3 is 12.0 Å². The molecular formula is C12H20N2O3S. The second kappa shape index (κ2) is 5.82. The number of thioether (sulfide) groups is 1. The predicted molar refractivity (Wildman–Crippen MR) is 70.6 cm³/mol. The molecule has 0 aromatic rings. The smallest absolute Gasteiger partial charge is 0.327 e. The first-order valence-electron chi connectivity index (χ1n) is 6.56. The minimum atomic E-state index is -0.885. The molecular weight excluding hydrogens is 252 g/mol. The number of amides is 2. The molecule has 2 rings (SSSR count). The van der Waals surface area contributed by atoms with Crippen LogP contribution in [0, 0.1) is 0 Å². The number of aliphatic carboxylic acids is 1. The van der Waals surface area contributed by atoms with E-state index in [9.17, 15) is 14.7 Å². The number of rotatable bonds is 2. The normalized spacial score (nSPS) is 28.5. The van der Waals surface area contributed by atoms with Crippen LogP contribution in [0.15, 0.2) is 0 Å². The first kappa shape index (κ1) is 13.5. The number of hydrogen-bond acceptors (Lipinski definition) is 3. The van der Waals surface area contributed by atoms with Gasteiger partial charge in [0.15, 0.2) is 0 Å². The molecule has 5 nitrogen and oxygen atoms in total. The molecule has 0 bridgehead atoms. The number of carboxylic acids is 1. The van der Waals surface area contributed by atoms with Crippen LogP contribution >= 0.6 is 11.8 Å². The monoisotopic (exact) mass is 272 g/mol. The highest BCUT2D eigenvalue weighted by Gasteiger charge is 2.42. The highest BCUT2D eigenvalue weighted by molar-refractivity contribution is 8.00. The lowest BCUT2D eigenvalue weighted by Crippen LogP contribution is -2.52. The van der Waals surface area contributed by atoms with Crippen molar-refractivity contribution in [3.05, 3.63) is 0 Å². The number of likely N-dealkylation sites (tertiary alicyclic amines) is 1. The third-order valence-corrected chi connectivity index (χ3v) is 5.03. The lowest BCUT2D eigenvalue weighted by atomic mass is 10.1. The van der Waals surface area contributed by atoms with Crippen molar-refractivity contribution in [3.8, 4) is 0 Å². The summed E-state index contributed by atoms with van der Waals surface area (Å²) in [4.78, 5) is 27.1. The molecule has 18 heavy (non-hydrogen) atoms. The van der Waals surface area contributed by atoms with Crippen LogP contribution in [0.25, 0.3) is 0 Å². The van der Waals surface area contributed by atoms with Gasteiger partial charge in [0.1, 0.15) is 6.04 Å². The fraction of sp³-hybridized carbons (Fsp3) is 0.833. The molecule has 2 fully saturated rings. The largest absolute Gasteiger partial charge is 0.480 e. The summed E-state index contributed by atoms with van der Waals surface area (Å²) < 4.78 is 0.